The van der Waals surface area contributed by atoms with Crippen molar-refractivity contribution in [3.05, 3.63) is 53.6 Å². The lowest BCUT2D eigenvalue weighted by atomic mass is 10.0. The summed E-state index contributed by atoms with van der Waals surface area (Å²) in [5.74, 6) is -0.309. The molecule has 152 valence electrons. The molecule has 0 unspecified atom stereocenters. The van der Waals surface area contributed by atoms with Crippen molar-refractivity contribution in [1.82, 2.24) is 24.7 Å². The van der Waals surface area contributed by atoms with Gasteiger partial charge in [0.05, 0.1) is 26.1 Å². The van der Waals surface area contributed by atoms with Crippen LogP contribution in [0, 0.1) is 6.92 Å². The summed E-state index contributed by atoms with van der Waals surface area (Å²) in [6.07, 6.45) is 7.12. The van der Waals surface area contributed by atoms with Crippen LogP contribution in [-0.4, -0.2) is 44.9 Å². The van der Waals surface area contributed by atoms with Gasteiger partial charge < -0.3 is 9.47 Å². The maximum Gasteiger partial charge on any atom is 0.343 e. The van der Waals surface area contributed by atoms with Crippen molar-refractivity contribution in [3.63, 3.8) is 0 Å². The van der Waals surface area contributed by atoms with Gasteiger partial charge in [0.15, 0.2) is 0 Å². The highest BCUT2D eigenvalue weighted by atomic mass is 32.1. The van der Waals surface area contributed by atoms with Crippen molar-refractivity contribution in [2.45, 2.75) is 6.92 Å². The molecule has 30 heavy (non-hydrogen) atoms. The van der Waals surface area contributed by atoms with E-state index in [2.05, 4.69) is 15.1 Å². The predicted molar refractivity (Wildman–Crippen MR) is 113 cm³/mol. The molecule has 0 spiro atoms. The zero-order chi connectivity index (χ0) is 21.3. The molecule has 0 amide bonds. The molecule has 4 aromatic rings. The fourth-order valence-electron chi connectivity index (χ4n) is 3.07. The normalized spacial score (nSPS) is 10.8. The van der Waals surface area contributed by atoms with Crippen LogP contribution in [-0.2, 0) is 11.8 Å². The maximum atomic E-state index is 12.2. The van der Waals surface area contributed by atoms with Crippen LogP contribution in [0.2, 0.25) is 0 Å². The number of esters is 1. The highest BCUT2D eigenvalue weighted by Crippen LogP contribution is 2.36. The minimum atomic E-state index is -0.518. The second kappa shape index (κ2) is 8.03. The molecule has 0 saturated heterocycles. The summed E-state index contributed by atoms with van der Waals surface area (Å²) in [6, 6.07) is 3.67. The van der Waals surface area contributed by atoms with Crippen molar-refractivity contribution in [1.29, 1.82) is 0 Å². The number of carbonyl (C=O) groups excluding carboxylic acids is 1. The van der Waals surface area contributed by atoms with Gasteiger partial charge in [-0.1, -0.05) is 0 Å². The van der Waals surface area contributed by atoms with E-state index in [9.17, 15) is 4.79 Å². The molecule has 0 bridgehead atoms. The number of aryl methyl sites for hydroxylation is 2. The lowest BCUT2D eigenvalue weighted by molar-refractivity contribution is 0.0596. The molecule has 0 N–H and O–H groups in total. The van der Waals surface area contributed by atoms with E-state index in [1.54, 1.807) is 29.3 Å². The molecule has 9 heteroatoms. The summed E-state index contributed by atoms with van der Waals surface area (Å²) in [5.41, 5.74) is 5.36. The number of ether oxygens (including phenoxy) is 2. The average Bonchev–Trinajstić information content (AvgIpc) is 3.42. The summed E-state index contributed by atoms with van der Waals surface area (Å²) in [4.78, 5) is 25.7. The summed E-state index contributed by atoms with van der Waals surface area (Å²) in [7, 11) is 4.66. The minimum absolute atomic E-state index is 0.209. The van der Waals surface area contributed by atoms with E-state index in [0.717, 1.165) is 38.6 Å². The van der Waals surface area contributed by atoms with Crippen molar-refractivity contribution < 1.29 is 14.3 Å². The largest absolute Gasteiger partial charge is 0.480 e. The Balaban J connectivity index is 1.82. The molecule has 0 aliphatic carbocycles. The second-order valence-corrected chi connectivity index (χ2v) is 7.44. The van der Waals surface area contributed by atoms with Crippen LogP contribution in [0.4, 0.5) is 0 Å². The van der Waals surface area contributed by atoms with Gasteiger partial charge in [-0.15, -0.1) is 11.3 Å². The molecule has 0 aliphatic heterocycles. The Kier molecular flexibility index (Phi) is 5.28. The first-order chi connectivity index (χ1) is 14.5. The number of hydrogen-bond donors (Lipinski definition) is 0. The van der Waals surface area contributed by atoms with Gasteiger partial charge in [0.25, 0.3) is 0 Å². The maximum absolute atomic E-state index is 12.2. The number of methoxy groups -OCH3 is 2. The Labute approximate surface area is 177 Å². The predicted octanol–water partition coefficient (Wildman–Crippen LogP) is 3.77. The highest BCUT2D eigenvalue weighted by Gasteiger charge is 2.19. The summed E-state index contributed by atoms with van der Waals surface area (Å²) >= 11 is 1.53. The molecule has 0 saturated carbocycles. The third-order valence-corrected chi connectivity index (χ3v) is 5.41. The standard InChI is InChI=1S/C21H19N5O3S/c1-12-5-15(20-25-18(11-30-20)14-8-24-26(2)10-14)17(9-22-12)13-6-16(21(27)29-4)19(28-3)23-7-13/h5-11H,1-4H3. The molecular formula is C21H19N5O3S. The first kappa shape index (κ1) is 19.7. The van der Waals surface area contributed by atoms with E-state index in [1.807, 2.05) is 31.6 Å². The van der Waals surface area contributed by atoms with Gasteiger partial charge in [-0.25, -0.2) is 14.8 Å². The Morgan fingerprint density at radius 1 is 1.07 bits per heavy atom. The Morgan fingerprint density at radius 3 is 2.60 bits per heavy atom. The minimum Gasteiger partial charge on any atom is -0.480 e. The molecule has 0 aliphatic rings. The fraction of sp³-hybridized carbons (Fsp3) is 0.190. The molecule has 0 radical (unpaired) electrons. The number of hydrogen-bond acceptors (Lipinski definition) is 8. The van der Waals surface area contributed by atoms with Crippen LogP contribution in [0.1, 0.15) is 16.1 Å². The van der Waals surface area contributed by atoms with Crippen LogP contribution in [0.3, 0.4) is 0 Å². The van der Waals surface area contributed by atoms with Gasteiger partial charge in [-0.2, -0.15) is 5.10 Å². The van der Waals surface area contributed by atoms with E-state index in [1.165, 1.54) is 25.6 Å². The zero-order valence-corrected chi connectivity index (χ0v) is 17.7. The average molecular weight is 421 g/mol. The van der Waals surface area contributed by atoms with Crippen LogP contribution in [0.15, 0.2) is 42.3 Å². The van der Waals surface area contributed by atoms with Crippen molar-refractivity contribution >= 4 is 17.3 Å². The van der Waals surface area contributed by atoms with Gasteiger partial charge in [-0.3, -0.25) is 9.67 Å². The SMILES string of the molecule is COC(=O)c1cc(-c2cnc(C)cc2-c2nc(-c3cnn(C)c3)cs2)cnc1OC. The highest BCUT2D eigenvalue weighted by molar-refractivity contribution is 7.13. The Hall–Kier alpha value is -3.59. The topological polar surface area (TPSA) is 92.0 Å². The Morgan fingerprint density at radius 2 is 1.90 bits per heavy atom. The monoisotopic (exact) mass is 421 g/mol. The molecule has 4 heterocycles. The number of nitrogens with zero attached hydrogens (tertiary/aromatic N) is 5. The molecule has 0 fully saturated rings. The molecule has 0 atom stereocenters. The van der Waals surface area contributed by atoms with E-state index in [4.69, 9.17) is 14.5 Å². The second-order valence-electron chi connectivity index (χ2n) is 6.58. The van der Waals surface area contributed by atoms with Crippen molar-refractivity contribution in [3.8, 4) is 38.8 Å². The van der Waals surface area contributed by atoms with Gasteiger partial charge in [-0.05, 0) is 19.1 Å². The van der Waals surface area contributed by atoms with E-state index in [0.29, 0.717) is 0 Å². The van der Waals surface area contributed by atoms with E-state index >= 15 is 0 Å². The number of pyridine rings is 2. The molecular weight excluding hydrogens is 402 g/mol. The van der Waals surface area contributed by atoms with Gasteiger partial charge in [0.1, 0.15) is 10.6 Å². The quantitative estimate of drug-likeness (QED) is 0.453. The number of carbonyl (C=O) groups is 1. The van der Waals surface area contributed by atoms with Crippen LogP contribution in [0.25, 0.3) is 33.0 Å². The lowest BCUT2D eigenvalue weighted by Gasteiger charge is -2.11. The molecule has 4 aromatic heterocycles. The van der Waals surface area contributed by atoms with E-state index in [-0.39, 0.29) is 11.4 Å². The van der Waals surface area contributed by atoms with Crippen molar-refractivity contribution in [2.24, 2.45) is 7.05 Å². The summed E-state index contributed by atoms with van der Waals surface area (Å²) in [5, 5.41) is 7.05. The van der Waals surface area contributed by atoms with Crippen molar-refractivity contribution in [2.75, 3.05) is 14.2 Å². The van der Waals surface area contributed by atoms with Gasteiger partial charge in [0, 0.05) is 59.0 Å². The van der Waals surface area contributed by atoms with Crippen LogP contribution in [0.5, 0.6) is 5.88 Å². The molecule has 0 aromatic carbocycles. The summed E-state index contributed by atoms with van der Waals surface area (Å²) in [6.45, 7) is 1.93. The van der Waals surface area contributed by atoms with Crippen LogP contribution >= 0.6 is 11.3 Å². The first-order valence-corrected chi connectivity index (χ1v) is 9.92. The van der Waals surface area contributed by atoms with Crippen LogP contribution < -0.4 is 4.74 Å². The molecule has 4 rings (SSSR count). The Bertz CT molecular complexity index is 1230. The summed E-state index contributed by atoms with van der Waals surface area (Å²) < 4.78 is 11.8. The first-order valence-electron chi connectivity index (χ1n) is 9.04. The zero-order valence-electron chi connectivity index (χ0n) is 16.9. The van der Waals surface area contributed by atoms with Gasteiger partial charge >= 0.3 is 5.97 Å². The third kappa shape index (κ3) is 3.67. The molecule has 8 nitrogen and oxygen atoms in total. The third-order valence-electron chi connectivity index (χ3n) is 4.54. The number of aromatic nitrogens is 5. The van der Waals surface area contributed by atoms with Gasteiger partial charge in [0.2, 0.25) is 5.88 Å². The fourth-order valence-corrected chi connectivity index (χ4v) is 3.93. The smallest absolute Gasteiger partial charge is 0.343 e. The number of rotatable bonds is 5. The van der Waals surface area contributed by atoms with E-state index < -0.39 is 5.97 Å². The lowest BCUT2D eigenvalue weighted by Crippen LogP contribution is -2.06. The number of thiazole rings is 1.